The van der Waals surface area contributed by atoms with Crippen LogP contribution in [-0.2, 0) is 10.0 Å². The van der Waals surface area contributed by atoms with Crippen molar-refractivity contribution in [1.29, 1.82) is 0 Å². The topological polar surface area (TPSA) is 89.3 Å². The Hall–Kier alpha value is -1.97. The van der Waals surface area contributed by atoms with Crippen LogP contribution in [0.3, 0.4) is 0 Å². The Kier molecular flexibility index (Phi) is 6.29. The van der Waals surface area contributed by atoms with Crippen molar-refractivity contribution in [3.05, 3.63) is 64.5 Å². The first-order valence-corrected chi connectivity index (χ1v) is 9.48. The molecule has 0 aromatic heterocycles. The molecule has 1 N–H and O–H groups in total. The molecular weight excluding hydrogens is 355 g/mol. The molecule has 0 fully saturated rings. The molecule has 0 aliphatic heterocycles. The predicted molar refractivity (Wildman–Crippen MR) is 90.0 cm³/mol. The Bertz CT molecular complexity index is 810. The van der Waals surface area contributed by atoms with Gasteiger partial charge in [-0.25, -0.2) is 17.5 Å². The molecule has 0 heterocycles. The van der Waals surface area contributed by atoms with E-state index in [9.17, 15) is 22.9 Å². The normalized spacial score (nSPS) is 11.4. The third kappa shape index (κ3) is 5.29. The van der Waals surface area contributed by atoms with E-state index in [4.69, 9.17) is 0 Å². The monoisotopic (exact) mass is 370 g/mol. The van der Waals surface area contributed by atoms with Crippen LogP contribution in [0.25, 0.3) is 0 Å². The van der Waals surface area contributed by atoms with Crippen molar-refractivity contribution >= 4 is 27.5 Å². The smallest absolute Gasteiger partial charge is 0.258 e. The molecule has 2 aromatic carbocycles. The van der Waals surface area contributed by atoms with Gasteiger partial charge in [0, 0.05) is 23.6 Å². The molecule has 0 atom stereocenters. The van der Waals surface area contributed by atoms with Gasteiger partial charge in [0.2, 0.25) is 10.0 Å². The lowest BCUT2D eigenvalue weighted by atomic mass is 10.3. The second-order valence-corrected chi connectivity index (χ2v) is 7.74. The van der Waals surface area contributed by atoms with E-state index in [0.29, 0.717) is 12.2 Å². The summed E-state index contributed by atoms with van der Waals surface area (Å²) in [4.78, 5) is 10.8. The van der Waals surface area contributed by atoms with Crippen LogP contribution in [-0.4, -0.2) is 25.6 Å². The van der Waals surface area contributed by atoms with E-state index < -0.39 is 14.9 Å². The zero-order chi connectivity index (χ0) is 17.6. The number of nitrogens with zero attached hydrogens (tertiary/aromatic N) is 1. The molecule has 0 aliphatic carbocycles. The molecule has 0 aliphatic rings. The average Bonchev–Trinajstić information content (AvgIpc) is 2.56. The summed E-state index contributed by atoms with van der Waals surface area (Å²) in [6, 6.07) is 11.0. The van der Waals surface area contributed by atoms with Gasteiger partial charge in [0.05, 0.1) is 9.82 Å². The van der Waals surface area contributed by atoms with Crippen LogP contribution in [0.4, 0.5) is 10.1 Å². The van der Waals surface area contributed by atoms with Crippen molar-refractivity contribution in [2.24, 2.45) is 0 Å². The number of nitrogens with one attached hydrogen (secondary N) is 1. The summed E-state index contributed by atoms with van der Waals surface area (Å²) >= 11 is 1.49. The van der Waals surface area contributed by atoms with Crippen molar-refractivity contribution < 1.29 is 17.7 Å². The van der Waals surface area contributed by atoms with Crippen LogP contribution in [0.5, 0.6) is 0 Å². The van der Waals surface area contributed by atoms with Gasteiger partial charge < -0.3 is 0 Å². The summed E-state index contributed by atoms with van der Waals surface area (Å²) in [5.41, 5.74) is -0.273. The van der Waals surface area contributed by atoms with Crippen molar-refractivity contribution in [2.75, 3.05) is 12.3 Å². The molecule has 9 heteroatoms. The summed E-state index contributed by atoms with van der Waals surface area (Å²) in [5.74, 6) is 0.354. The second kappa shape index (κ2) is 8.22. The van der Waals surface area contributed by atoms with Gasteiger partial charge in [-0.2, -0.15) is 0 Å². The molecule has 24 heavy (non-hydrogen) atoms. The molecule has 0 radical (unpaired) electrons. The molecule has 2 rings (SSSR count). The zero-order valence-electron chi connectivity index (χ0n) is 12.5. The van der Waals surface area contributed by atoms with Crippen LogP contribution in [0, 0.1) is 15.9 Å². The van der Waals surface area contributed by atoms with Crippen molar-refractivity contribution in [1.82, 2.24) is 4.72 Å². The van der Waals surface area contributed by atoms with Crippen LogP contribution >= 0.6 is 11.8 Å². The minimum Gasteiger partial charge on any atom is -0.258 e. The molecule has 0 saturated heterocycles. The van der Waals surface area contributed by atoms with Gasteiger partial charge in [-0.1, -0.05) is 6.07 Å². The zero-order valence-corrected chi connectivity index (χ0v) is 14.1. The largest absolute Gasteiger partial charge is 0.270 e. The maximum Gasteiger partial charge on any atom is 0.270 e. The Balaban J connectivity index is 1.83. The fourth-order valence-electron chi connectivity index (χ4n) is 1.85. The Morgan fingerprint density at radius 3 is 2.54 bits per heavy atom. The molecule has 2 aromatic rings. The number of nitro groups is 1. The molecule has 0 saturated carbocycles. The van der Waals surface area contributed by atoms with E-state index in [0.717, 1.165) is 11.0 Å². The third-order valence-electron chi connectivity index (χ3n) is 3.03. The quantitative estimate of drug-likeness (QED) is 0.334. The van der Waals surface area contributed by atoms with E-state index in [1.54, 1.807) is 12.1 Å². The van der Waals surface area contributed by atoms with Gasteiger partial charge in [-0.05, 0) is 42.5 Å². The maximum absolute atomic E-state index is 12.8. The van der Waals surface area contributed by atoms with E-state index in [2.05, 4.69) is 4.72 Å². The number of rotatable bonds is 8. The summed E-state index contributed by atoms with van der Waals surface area (Å²) in [7, 11) is -3.78. The van der Waals surface area contributed by atoms with Gasteiger partial charge in [0.25, 0.3) is 5.69 Å². The minimum absolute atomic E-state index is 0.136. The number of non-ortho nitro benzene ring substituents is 1. The van der Waals surface area contributed by atoms with E-state index in [1.807, 2.05) is 0 Å². The molecular formula is C15H15FN2O4S2. The summed E-state index contributed by atoms with van der Waals surface area (Å²) < 4.78 is 39.4. The third-order valence-corrected chi connectivity index (χ3v) is 5.59. The van der Waals surface area contributed by atoms with Crippen LogP contribution in [0.1, 0.15) is 6.42 Å². The average molecular weight is 370 g/mol. The lowest BCUT2D eigenvalue weighted by Gasteiger charge is -2.06. The highest BCUT2D eigenvalue weighted by molar-refractivity contribution is 7.99. The Morgan fingerprint density at radius 1 is 1.17 bits per heavy atom. The second-order valence-electron chi connectivity index (χ2n) is 4.81. The molecule has 6 nitrogen and oxygen atoms in total. The molecule has 0 unspecified atom stereocenters. The number of nitro benzene ring substituents is 1. The van der Waals surface area contributed by atoms with E-state index in [-0.39, 0.29) is 22.9 Å². The highest BCUT2D eigenvalue weighted by atomic mass is 32.2. The van der Waals surface area contributed by atoms with Gasteiger partial charge in [0.1, 0.15) is 5.82 Å². The SMILES string of the molecule is O=[N+]([O-])c1cccc(S(=O)(=O)NCCCSc2ccc(F)cc2)c1. The molecule has 128 valence electrons. The highest BCUT2D eigenvalue weighted by Gasteiger charge is 2.16. The standard InChI is InChI=1S/C15H15FN2O4S2/c16-12-5-7-14(8-6-12)23-10-2-9-17-24(21,22)15-4-1-3-13(11-15)18(19)20/h1,3-8,11,17H,2,9-10H2. The molecule has 0 bridgehead atoms. The Labute approximate surface area is 143 Å². The summed E-state index contributed by atoms with van der Waals surface area (Å²) in [5, 5.41) is 10.7. The number of hydrogen-bond donors (Lipinski definition) is 1. The van der Waals surface area contributed by atoms with E-state index in [1.165, 1.54) is 42.1 Å². The van der Waals surface area contributed by atoms with Crippen LogP contribution in [0.15, 0.2) is 58.3 Å². The molecule has 0 spiro atoms. The van der Waals surface area contributed by atoms with E-state index >= 15 is 0 Å². The molecule has 0 amide bonds. The first-order chi connectivity index (χ1) is 11.4. The highest BCUT2D eigenvalue weighted by Crippen LogP contribution is 2.19. The minimum atomic E-state index is -3.78. The lowest BCUT2D eigenvalue weighted by molar-refractivity contribution is -0.385. The van der Waals surface area contributed by atoms with Gasteiger partial charge in [0.15, 0.2) is 0 Å². The first kappa shape index (κ1) is 18.4. The number of hydrogen-bond acceptors (Lipinski definition) is 5. The summed E-state index contributed by atoms with van der Waals surface area (Å²) in [6.07, 6.45) is 0.566. The van der Waals surface area contributed by atoms with Crippen molar-refractivity contribution in [3.8, 4) is 0 Å². The number of thioether (sulfide) groups is 1. The fourth-order valence-corrected chi connectivity index (χ4v) is 3.81. The summed E-state index contributed by atoms with van der Waals surface area (Å²) in [6.45, 7) is 0.208. The fraction of sp³-hybridized carbons (Fsp3) is 0.200. The Morgan fingerprint density at radius 2 is 1.88 bits per heavy atom. The van der Waals surface area contributed by atoms with Crippen molar-refractivity contribution in [2.45, 2.75) is 16.2 Å². The number of benzene rings is 2. The predicted octanol–water partition coefficient (Wildman–Crippen LogP) is 3.19. The van der Waals surface area contributed by atoms with Gasteiger partial charge >= 0.3 is 0 Å². The van der Waals surface area contributed by atoms with Gasteiger partial charge in [-0.3, -0.25) is 10.1 Å². The first-order valence-electron chi connectivity index (χ1n) is 7.01. The van der Waals surface area contributed by atoms with Crippen LogP contribution in [0.2, 0.25) is 0 Å². The van der Waals surface area contributed by atoms with Gasteiger partial charge in [-0.15, -0.1) is 11.8 Å². The van der Waals surface area contributed by atoms with Crippen molar-refractivity contribution in [3.63, 3.8) is 0 Å². The maximum atomic E-state index is 12.8. The lowest BCUT2D eigenvalue weighted by Crippen LogP contribution is -2.25. The number of sulfonamides is 1. The number of halogens is 1. The van der Waals surface area contributed by atoms with Crippen LogP contribution < -0.4 is 4.72 Å².